The standard InChI is InChI=1S/C17H15NO/c1-12-7-6-10-15-16(12)11-13(2)18(17(15)19)14-8-4-3-5-9-14/h3-11H,1-2H3. The zero-order chi connectivity index (χ0) is 13.4. The van der Waals surface area contributed by atoms with Gasteiger partial charge in [0.25, 0.3) is 5.56 Å². The molecule has 3 rings (SSSR count). The van der Waals surface area contributed by atoms with Gasteiger partial charge < -0.3 is 0 Å². The first kappa shape index (κ1) is 11.7. The van der Waals surface area contributed by atoms with E-state index in [1.807, 2.05) is 62.4 Å². The van der Waals surface area contributed by atoms with E-state index in [1.165, 1.54) is 0 Å². The van der Waals surface area contributed by atoms with E-state index in [-0.39, 0.29) is 5.56 Å². The third kappa shape index (κ3) is 1.85. The molecule has 0 fully saturated rings. The van der Waals surface area contributed by atoms with Gasteiger partial charge in [-0.25, -0.2) is 0 Å². The molecule has 0 radical (unpaired) electrons. The SMILES string of the molecule is Cc1cccc2c(=O)n(-c3ccccc3)c(C)cc12. The number of para-hydroxylation sites is 1. The molecule has 0 amide bonds. The number of nitrogens with zero attached hydrogens (tertiary/aromatic N) is 1. The van der Waals surface area contributed by atoms with Gasteiger partial charge in [-0.2, -0.15) is 0 Å². The molecule has 0 atom stereocenters. The third-order valence-electron chi connectivity index (χ3n) is 3.48. The number of hydrogen-bond acceptors (Lipinski definition) is 1. The van der Waals surface area contributed by atoms with Crippen molar-refractivity contribution in [3.05, 3.63) is 76.2 Å². The summed E-state index contributed by atoms with van der Waals surface area (Å²) in [6, 6.07) is 17.7. The first-order chi connectivity index (χ1) is 9.18. The molecule has 0 aliphatic heterocycles. The summed E-state index contributed by atoms with van der Waals surface area (Å²) in [4.78, 5) is 12.7. The summed E-state index contributed by atoms with van der Waals surface area (Å²) >= 11 is 0. The Morgan fingerprint density at radius 1 is 0.842 bits per heavy atom. The fraction of sp³-hybridized carbons (Fsp3) is 0.118. The first-order valence-electron chi connectivity index (χ1n) is 6.36. The van der Waals surface area contributed by atoms with Crippen LogP contribution in [0.1, 0.15) is 11.3 Å². The average molecular weight is 249 g/mol. The molecule has 0 saturated heterocycles. The largest absolute Gasteiger partial charge is 0.281 e. The van der Waals surface area contributed by atoms with Crippen LogP contribution >= 0.6 is 0 Å². The zero-order valence-corrected chi connectivity index (χ0v) is 11.1. The molecule has 0 aliphatic rings. The van der Waals surface area contributed by atoms with E-state index in [0.29, 0.717) is 0 Å². The van der Waals surface area contributed by atoms with Crippen LogP contribution in [0.15, 0.2) is 59.4 Å². The third-order valence-corrected chi connectivity index (χ3v) is 3.48. The monoisotopic (exact) mass is 249 g/mol. The summed E-state index contributed by atoms with van der Waals surface area (Å²) in [6.07, 6.45) is 0. The van der Waals surface area contributed by atoms with Gasteiger partial charge in [0.05, 0.1) is 0 Å². The summed E-state index contributed by atoms with van der Waals surface area (Å²) in [5, 5.41) is 1.81. The number of aromatic nitrogens is 1. The Balaban J connectivity index is 2.43. The van der Waals surface area contributed by atoms with E-state index in [0.717, 1.165) is 27.7 Å². The fourth-order valence-corrected chi connectivity index (χ4v) is 2.51. The first-order valence-corrected chi connectivity index (χ1v) is 6.36. The van der Waals surface area contributed by atoms with Gasteiger partial charge in [-0.05, 0) is 49.1 Å². The second kappa shape index (κ2) is 4.39. The number of rotatable bonds is 1. The van der Waals surface area contributed by atoms with Crippen molar-refractivity contribution in [2.24, 2.45) is 0 Å². The van der Waals surface area contributed by atoms with Crippen molar-refractivity contribution in [3.8, 4) is 5.69 Å². The minimum absolute atomic E-state index is 0.0462. The topological polar surface area (TPSA) is 22.0 Å². The summed E-state index contributed by atoms with van der Waals surface area (Å²) in [5.41, 5.74) is 3.05. The lowest BCUT2D eigenvalue weighted by atomic mass is 10.1. The van der Waals surface area contributed by atoms with Crippen LogP contribution in [0, 0.1) is 13.8 Å². The second-order valence-electron chi connectivity index (χ2n) is 4.80. The van der Waals surface area contributed by atoms with Crippen LogP contribution in [0.4, 0.5) is 0 Å². The van der Waals surface area contributed by atoms with E-state index < -0.39 is 0 Å². The van der Waals surface area contributed by atoms with E-state index in [4.69, 9.17) is 0 Å². The van der Waals surface area contributed by atoms with Crippen LogP contribution in [-0.4, -0.2) is 4.57 Å². The van der Waals surface area contributed by atoms with Gasteiger partial charge in [0.2, 0.25) is 0 Å². The Bertz CT molecular complexity index is 801. The van der Waals surface area contributed by atoms with Gasteiger partial charge in [-0.1, -0.05) is 30.3 Å². The maximum absolute atomic E-state index is 12.7. The second-order valence-corrected chi connectivity index (χ2v) is 4.80. The lowest BCUT2D eigenvalue weighted by molar-refractivity contribution is 0.950. The summed E-state index contributed by atoms with van der Waals surface area (Å²) in [7, 11) is 0. The van der Waals surface area contributed by atoms with Crippen molar-refractivity contribution in [3.63, 3.8) is 0 Å². The predicted octanol–water partition coefficient (Wildman–Crippen LogP) is 3.61. The number of hydrogen-bond donors (Lipinski definition) is 0. The Morgan fingerprint density at radius 3 is 2.32 bits per heavy atom. The smallest absolute Gasteiger partial charge is 0.263 e. The molecule has 0 N–H and O–H groups in total. The summed E-state index contributed by atoms with van der Waals surface area (Å²) < 4.78 is 1.77. The Labute approximate surface area is 111 Å². The molecule has 0 saturated carbocycles. The number of aryl methyl sites for hydroxylation is 2. The highest BCUT2D eigenvalue weighted by Crippen LogP contribution is 2.18. The normalized spacial score (nSPS) is 10.8. The maximum Gasteiger partial charge on any atom is 0.263 e. The lowest BCUT2D eigenvalue weighted by Crippen LogP contribution is -2.20. The minimum atomic E-state index is 0.0462. The van der Waals surface area contributed by atoms with Crippen molar-refractivity contribution in [1.82, 2.24) is 4.57 Å². The highest BCUT2D eigenvalue weighted by molar-refractivity contribution is 5.85. The molecule has 2 nitrogen and oxygen atoms in total. The van der Waals surface area contributed by atoms with Crippen molar-refractivity contribution >= 4 is 10.8 Å². The van der Waals surface area contributed by atoms with Crippen molar-refractivity contribution in [2.75, 3.05) is 0 Å². The molecular formula is C17H15NO. The molecule has 0 spiro atoms. The van der Waals surface area contributed by atoms with Gasteiger partial charge in [0, 0.05) is 16.8 Å². The van der Waals surface area contributed by atoms with E-state index >= 15 is 0 Å². The Hall–Kier alpha value is -2.35. The summed E-state index contributed by atoms with van der Waals surface area (Å²) in [6.45, 7) is 4.01. The fourth-order valence-electron chi connectivity index (χ4n) is 2.51. The minimum Gasteiger partial charge on any atom is -0.281 e. The molecular weight excluding hydrogens is 234 g/mol. The molecule has 19 heavy (non-hydrogen) atoms. The van der Waals surface area contributed by atoms with Crippen LogP contribution in [-0.2, 0) is 0 Å². The predicted molar refractivity (Wildman–Crippen MR) is 79.0 cm³/mol. The Kier molecular flexibility index (Phi) is 2.71. The van der Waals surface area contributed by atoms with E-state index in [9.17, 15) is 4.79 Å². The lowest BCUT2D eigenvalue weighted by Gasteiger charge is -2.12. The molecule has 2 aromatic carbocycles. The maximum atomic E-state index is 12.7. The molecule has 2 heteroatoms. The molecule has 0 unspecified atom stereocenters. The van der Waals surface area contributed by atoms with Crippen LogP contribution in [0.3, 0.4) is 0 Å². The van der Waals surface area contributed by atoms with Crippen LogP contribution in [0.2, 0.25) is 0 Å². The van der Waals surface area contributed by atoms with Gasteiger partial charge >= 0.3 is 0 Å². The molecule has 1 aromatic heterocycles. The number of pyridine rings is 1. The number of fused-ring (bicyclic) bond motifs is 1. The molecule has 94 valence electrons. The quantitative estimate of drug-likeness (QED) is 0.645. The summed E-state index contributed by atoms with van der Waals surface area (Å²) in [5.74, 6) is 0. The van der Waals surface area contributed by atoms with Crippen molar-refractivity contribution < 1.29 is 0 Å². The van der Waals surface area contributed by atoms with E-state index in [1.54, 1.807) is 4.57 Å². The Morgan fingerprint density at radius 2 is 1.58 bits per heavy atom. The van der Waals surface area contributed by atoms with Crippen LogP contribution in [0.5, 0.6) is 0 Å². The van der Waals surface area contributed by atoms with Gasteiger partial charge in [0.1, 0.15) is 0 Å². The van der Waals surface area contributed by atoms with Crippen molar-refractivity contribution in [1.29, 1.82) is 0 Å². The van der Waals surface area contributed by atoms with Crippen LogP contribution in [0.25, 0.3) is 16.5 Å². The van der Waals surface area contributed by atoms with Crippen molar-refractivity contribution in [2.45, 2.75) is 13.8 Å². The van der Waals surface area contributed by atoms with E-state index in [2.05, 4.69) is 6.07 Å². The average Bonchev–Trinajstić information content (AvgIpc) is 2.41. The molecule has 0 aliphatic carbocycles. The van der Waals surface area contributed by atoms with Gasteiger partial charge in [0.15, 0.2) is 0 Å². The van der Waals surface area contributed by atoms with Gasteiger partial charge in [-0.15, -0.1) is 0 Å². The highest BCUT2D eigenvalue weighted by Gasteiger charge is 2.08. The molecule has 0 bridgehead atoms. The highest BCUT2D eigenvalue weighted by atomic mass is 16.1. The zero-order valence-electron chi connectivity index (χ0n) is 11.1. The molecule has 3 aromatic rings. The van der Waals surface area contributed by atoms with Gasteiger partial charge in [-0.3, -0.25) is 9.36 Å². The molecule has 1 heterocycles. The van der Waals surface area contributed by atoms with Crippen LogP contribution < -0.4 is 5.56 Å². The number of benzene rings is 2.